The Kier molecular flexibility index (Phi) is 3.89. The van der Waals surface area contributed by atoms with Crippen molar-refractivity contribution in [2.24, 2.45) is 34.3 Å². The van der Waals surface area contributed by atoms with Crippen LogP contribution in [0.3, 0.4) is 0 Å². The molecule has 4 bridgehead atoms. The average molecular weight is 371 g/mol. The molecular weight excluding hydrogens is 341 g/mol. The zero-order valence-electron chi connectivity index (χ0n) is 16.2. The van der Waals surface area contributed by atoms with Gasteiger partial charge in [-0.2, -0.15) is 0 Å². The van der Waals surface area contributed by atoms with Gasteiger partial charge in [0.15, 0.2) is 0 Å². The molecule has 5 aliphatic carbocycles. The van der Waals surface area contributed by atoms with Gasteiger partial charge in [-0.05, 0) is 0 Å². The molecule has 27 heavy (non-hydrogen) atoms. The molecule has 0 aromatic carbocycles. The van der Waals surface area contributed by atoms with Gasteiger partial charge in [-0.15, -0.1) is 0 Å². The van der Waals surface area contributed by atoms with Crippen molar-refractivity contribution in [3.8, 4) is 0 Å². The molecule has 6 nitrogen and oxygen atoms in total. The van der Waals surface area contributed by atoms with Crippen LogP contribution in [-0.2, 0) is 14.3 Å². The van der Waals surface area contributed by atoms with Gasteiger partial charge in [0, 0.05) is 0 Å². The number of amides is 2. The zero-order chi connectivity index (χ0) is 19.0. The third kappa shape index (κ3) is 2.71. The Hall–Kier alpha value is -1.24. The van der Waals surface area contributed by atoms with E-state index >= 15 is 0 Å². The summed E-state index contributed by atoms with van der Waals surface area (Å²) in [6.07, 6.45) is 8.94. The number of primary amides is 1. The minimum absolute atomic E-state index is 0.0243. The molecule has 1 aliphatic heterocycles. The standard InChI is InChI=1S/C20H30BN3O3/c1-19-5-11-2-12(6-19)8-20(7-11,9-19)16(23-10-21-27)18(26)24-14-3-13(14)4-15(24)17(22)25/h11-16,23H,2-10H2,1H3,(H2,22,25). The number of carbonyl (C=O) groups is 2. The molecule has 0 aromatic rings. The van der Waals surface area contributed by atoms with Crippen molar-refractivity contribution in [3.05, 3.63) is 0 Å². The van der Waals surface area contributed by atoms with Crippen LogP contribution in [0.25, 0.3) is 0 Å². The first-order valence-corrected chi connectivity index (χ1v) is 10.6. The van der Waals surface area contributed by atoms with Crippen LogP contribution in [0.2, 0.25) is 0 Å². The number of nitrogens with one attached hydrogen (secondary N) is 1. The molecule has 6 unspecified atom stereocenters. The van der Waals surface area contributed by atoms with Crippen LogP contribution in [0.5, 0.6) is 0 Å². The van der Waals surface area contributed by atoms with Crippen LogP contribution in [-0.4, -0.2) is 48.4 Å². The summed E-state index contributed by atoms with van der Waals surface area (Å²) in [5.74, 6) is 1.47. The molecular formula is C20H30BN3O3. The monoisotopic (exact) mass is 371 g/mol. The van der Waals surface area contributed by atoms with E-state index in [2.05, 4.69) is 12.2 Å². The number of likely N-dealkylation sites (tertiary alicyclic amines) is 1. The Labute approximate surface area is 161 Å². The summed E-state index contributed by atoms with van der Waals surface area (Å²) in [6, 6.07) is -0.652. The fourth-order valence-corrected chi connectivity index (χ4v) is 8.04. The number of carbonyl (C=O) groups excluding carboxylic acids is 2. The third-order valence-electron chi connectivity index (χ3n) is 8.35. The number of hydrogen-bond acceptors (Lipinski definition) is 4. The summed E-state index contributed by atoms with van der Waals surface area (Å²) in [7, 11) is 0.845. The summed E-state index contributed by atoms with van der Waals surface area (Å²) in [5, 5.41) is 3.31. The fraction of sp³-hybridized carbons (Fsp3) is 0.900. The summed E-state index contributed by atoms with van der Waals surface area (Å²) in [5.41, 5.74) is 5.87. The van der Waals surface area contributed by atoms with Crippen LogP contribution in [0, 0.1) is 28.6 Å². The Morgan fingerprint density at radius 1 is 1.19 bits per heavy atom. The Morgan fingerprint density at radius 3 is 2.48 bits per heavy atom. The van der Waals surface area contributed by atoms with Crippen LogP contribution in [0.15, 0.2) is 0 Å². The van der Waals surface area contributed by atoms with Gasteiger partial charge in [-0.25, -0.2) is 0 Å². The number of hydrogen-bond donors (Lipinski definition) is 2. The number of piperidine rings is 1. The first-order valence-electron chi connectivity index (χ1n) is 10.6. The summed E-state index contributed by atoms with van der Waals surface area (Å²) < 4.78 is 11.1. The fourth-order valence-electron chi connectivity index (χ4n) is 8.04. The van der Waals surface area contributed by atoms with E-state index in [0.717, 1.165) is 32.8 Å². The van der Waals surface area contributed by atoms with Crippen molar-refractivity contribution in [3.63, 3.8) is 0 Å². The Balaban J connectivity index is 1.47. The van der Waals surface area contributed by atoms with Gasteiger partial charge < -0.3 is 0 Å². The normalized spacial score (nSPS) is 47.4. The molecule has 2 amide bonds. The molecule has 7 heteroatoms. The van der Waals surface area contributed by atoms with E-state index in [1.165, 1.54) is 19.3 Å². The third-order valence-corrected chi connectivity index (χ3v) is 8.35. The molecule has 0 radical (unpaired) electrons. The molecule has 1 heterocycles. The first kappa shape index (κ1) is 17.8. The molecule has 6 aliphatic rings. The van der Waals surface area contributed by atoms with E-state index < -0.39 is 6.04 Å². The predicted octanol–water partition coefficient (Wildman–Crippen LogP) is 1.03. The van der Waals surface area contributed by atoms with Gasteiger partial charge >= 0.3 is 161 Å². The van der Waals surface area contributed by atoms with Crippen LogP contribution < -0.4 is 11.1 Å². The first-order chi connectivity index (χ1) is 12.8. The molecule has 6 fully saturated rings. The van der Waals surface area contributed by atoms with Gasteiger partial charge in [-0.1, -0.05) is 0 Å². The van der Waals surface area contributed by atoms with E-state index in [1.54, 1.807) is 4.90 Å². The van der Waals surface area contributed by atoms with Gasteiger partial charge in [0.25, 0.3) is 0 Å². The van der Waals surface area contributed by atoms with Crippen molar-refractivity contribution < 1.29 is 14.3 Å². The van der Waals surface area contributed by atoms with E-state index in [-0.39, 0.29) is 35.8 Å². The maximum atomic E-state index is 13.8. The van der Waals surface area contributed by atoms with E-state index in [1.807, 2.05) is 0 Å². The molecule has 5 saturated carbocycles. The molecule has 0 spiro atoms. The van der Waals surface area contributed by atoms with Crippen LogP contribution in [0.1, 0.15) is 58.3 Å². The number of fused-ring (bicyclic) bond motifs is 1. The van der Waals surface area contributed by atoms with Crippen molar-refractivity contribution in [2.45, 2.75) is 76.4 Å². The van der Waals surface area contributed by atoms with Crippen molar-refractivity contribution in [1.82, 2.24) is 10.2 Å². The summed E-state index contributed by atoms with van der Waals surface area (Å²) in [6.45, 7) is 2.39. The molecule has 6 atom stereocenters. The van der Waals surface area contributed by atoms with Crippen LogP contribution >= 0.6 is 0 Å². The van der Waals surface area contributed by atoms with E-state index in [4.69, 9.17) is 5.73 Å². The SMILES string of the molecule is CC12CC3CC(C1)CC(C(NCB=O)C(=O)N1C(C(N)=O)CC4CC41)(C3)C2. The summed E-state index contributed by atoms with van der Waals surface area (Å²) in [4.78, 5) is 27.5. The van der Waals surface area contributed by atoms with Gasteiger partial charge in [0.2, 0.25) is 0 Å². The second-order valence-electron chi connectivity index (χ2n) is 10.6. The van der Waals surface area contributed by atoms with Gasteiger partial charge in [-0.3, -0.25) is 0 Å². The Morgan fingerprint density at radius 2 is 1.89 bits per heavy atom. The predicted molar refractivity (Wildman–Crippen MR) is 99.8 cm³/mol. The topological polar surface area (TPSA) is 92.5 Å². The van der Waals surface area contributed by atoms with Crippen LogP contribution in [0.4, 0.5) is 0 Å². The van der Waals surface area contributed by atoms with Gasteiger partial charge in [0.1, 0.15) is 0 Å². The van der Waals surface area contributed by atoms with Gasteiger partial charge in [0.05, 0.1) is 0 Å². The Bertz CT molecular complexity index is 684. The minimum atomic E-state index is -0.466. The molecule has 6 rings (SSSR count). The molecule has 3 N–H and O–H groups in total. The van der Waals surface area contributed by atoms with Crippen molar-refractivity contribution >= 4 is 19.0 Å². The summed E-state index contributed by atoms with van der Waals surface area (Å²) >= 11 is 0. The molecule has 1 saturated heterocycles. The van der Waals surface area contributed by atoms with E-state index in [0.29, 0.717) is 29.6 Å². The maximum absolute atomic E-state index is 13.8. The molecule has 146 valence electrons. The van der Waals surface area contributed by atoms with Crippen molar-refractivity contribution in [1.29, 1.82) is 0 Å². The van der Waals surface area contributed by atoms with E-state index in [9.17, 15) is 14.3 Å². The number of nitrogens with two attached hydrogens (primary N) is 1. The molecule has 0 aromatic heterocycles. The average Bonchev–Trinajstić information content (AvgIpc) is 3.22. The number of rotatable bonds is 6. The number of nitrogens with zero attached hydrogens (tertiary/aromatic N) is 1. The quantitative estimate of drug-likeness (QED) is 0.683. The van der Waals surface area contributed by atoms with Crippen molar-refractivity contribution in [2.75, 3.05) is 6.44 Å². The second kappa shape index (κ2) is 5.88. The zero-order valence-corrected chi connectivity index (χ0v) is 16.2. The second-order valence-corrected chi connectivity index (χ2v) is 10.6.